The van der Waals surface area contributed by atoms with Crippen molar-refractivity contribution in [2.75, 3.05) is 18.5 Å². The number of nitrogens with zero attached hydrogens (tertiary/aromatic N) is 1. The van der Waals surface area contributed by atoms with E-state index < -0.39 is 48.3 Å². The first-order valence-electron chi connectivity index (χ1n) is 9.58. The molecule has 2 fully saturated rings. The van der Waals surface area contributed by atoms with Gasteiger partial charge in [0.25, 0.3) is 11.8 Å². The minimum Gasteiger partial charge on any atom is -0.454 e. The summed E-state index contributed by atoms with van der Waals surface area (Å²) in [4.78, 5) is 49.8. The summed E-state index contributed by atoms with van der Waals surface area (Å²) in [6, 6.07) is 3.67. The lowest BCUT2D eigenvalue weighted by atomic mass is 9.73. The molecule has 156 valence electrons. The lowest BCUT2D eigenvalue weighted by Gasteiger charge is -2.36. The van der Waals surface area contributed by atoms with Crippen LogP contribution in [-0.2, 0) is 19.1 Å². The number of carbonyl (C=O) groups excluding carboxylic acids is 4. The molecule has 1 saturated heterocycles. The zero-order valence-electron chi connectivity index (χ0n) is 16.4. The van der Waals surface area contributed by atoms with Crippen molar-refractivity contribution in [3.05, 3.63) is 29.6 Å². The van der Waals surface area contributed by atoms with Crippen molar-refractivity contribution in [1.29, 1.82) is 0 Å². The fourth-order valence-corrected chi connectivity index (χ4v) is 3.87. The molecule has 1 aromatic rings. The number of aryl methyl sites for hydroxylation is 1. The highest BCUT2D eigenvalue weighted by Gasteiger charge is 2.55. The van der Waals surface area contributed by atoms with E-state index >= 15 is 0 Å². The molecule has 1 aliphatic heterocycles. The van der Waals surface area contributed by atoms with E-state index in [0.29, 0.717) is 12.0 Å². The highest BCUT2D eigenvalue weighted by molar-refractivity contribution is 6.09. The summed E-state index contributed by atoms with van der Waals surface area (Å²) in [5.74, 6) is -2.68. The largest absolute Gasteiger partial charge is 0.454 e. The van der Waals surface area contributed by atoms with Crippen molar-refractivity contribution in [2.45, 2.75) is 45.1 Å². The number of nitrogens with one attached hydrogen (secondary N) is 2. The predicted molar refractivity (Wildman–Crippen MR) is 101 cm³/mol. The van der Waals surface area contributed by atoms with Gasteiger partial charge < -0.3 is 15.4 Å². The summed E-state index contributed by atoms with van der Waals surface area (Å²) in [6.45, 7) is 2.39. The van der Waals surface area contributed by atoms with Gasteiger partial charge >= 0.3 is 12.0 Å². The predicted octanol–water partition coefficient (Wildman–Crippen LogP) is 2.12. The number of carbonyl (C=O) groups is 4. The maximum absolute atomic E-state index is 13.8. The Balaban J connectivity index is 1.53. The molecule has 2 N–H and O–H groups in total. The van der Waals surface area contributed by atoms with E-state index in [-0.39, 0.29) is 11.6 Å². The lowest BCUT2D eigenvalue weighted by Crippen LogP contribution is -2.54. The number of hydrogen-bond acceptors (Lipinski definition) is 5. The number of rotatable bonds is 5. The minimum atomic E-state index is -0.962. The molecular weight excluding hydrogens is 381 g/mol. The summed E-state index contributed by atoms with van der Waals surface area (Å²) in [7, 11) is 0. The second kappa shape index (κ2) is 8.18. The molecule has 3 rings (SSSR count). The van der Waals surface area contributed by atoms with Gasteiger partial charge in [0, 0.05) is 0 Å². The Bertz CT molecular complexity index is 859. The summed E-state index contributed by atoms with van der Waals surface area (Å²) in [6.07, 6.45) is 3.17. The molecule has 0 unspecified atom stereocenters. The minimum absolute atomic E-state index is 0.0242. The van der Waals surface area contributed by atoms with E-state index in [1.165, 1.54) is 12.1 Å². The van der Waals surface area contributed by atoms with E-state index in [2.05, 4.69) is 10.6 Å². The molecule has 2 atom stereocenters. The van der Waals surface area contributed by atoms with Gasteiger partial charge in [-0.3, -0.25) is 19.3 Å². The van der Waals surface area contributed by atoms with Crippen molar-refractivity contribution in [3.63, 3.8) is 0 Å². The maximum Gasteiger partial charge on any atom is 0.326 e. The summed E-state index contributed by atoms with van der Waals surface area (Å²) in [5.41, 5.74) is -0.291. The second-order valence-electron chi connectivity index (χ2n) is 7.63. The SMILES string of the molecule is Cc1ccc(NC(=O)COC(=O)CN2C(=O)N[C@]3(CCCC[C@H]3C)C2=O)c(F)c1. The van der Waals surface area contributed by atoms with E-state index in [4.69, 9.17) is 4.74 Å². The van der Waals surface area contributed by atoms with Crippen molar-refractivity contribution >= 4 is 29.5 Å². The fraction of sp³-hybridized carbons (Fsp3) is 0.500. The van der Waals surface area contributed by atoms with Crippen LogP contribution in [0.3, 0.4) is 0 Å². The molecule has 9 heteroatoms. The summed E-state index contributed by atoms with van der Waals surface area (Å²) in [5, 5.41) is 5.05. The van der Waals surface area contributed by atoms with Gasteiger partial charge in [-0.1, -0.05) is 25.8 Å². The number of anilines is 1. The zero-order valence-corrected chi connectivity index (χ0v) is 16.4. The van der Waals surface area contributed by atoms with E-state index in [1.807, 2.05) is 6.92 Å². The molecule has 1 spiro atoms. The van der Waals surface area contributed by atoms with Crippen LogP contribution in [0.1, 0.15) is 38.2 Å². The lowest BCUT2D eigenvalue weighted by molar-refractivity contribution is -0.150. The molecule has 29 heavy (non-hydrogen) atoms. The quantitative estimate of drug-likeness (QED) is 0.577. The molecule has 0 aromatic heterocycles. The van der Waals surface area contributed by atoms with E-state index in [9.17, 15) is 23.6 Å². The van der Waals surface area contributed by atoms with Crippen molar-refractivity contribution in [1.82, 2.24) is 10.2 Å². The monoisotopic (exact) mass is 405 g/mol. The number of esters is 1. The Morgan fingerprint density at radius 2 is 2.10 bits per heavy atom. The number of amides is 4. The molecule has 1 aromatic carbocycles. The molecule has 1 aliphatic carbocycles. The van der Waals surface area contributed by atoms with Crippen LogP contribution in [-0.4, -0.2) is 47.4 Å². The van der Waals surface area contributed by atoms with Crippen LogP contribution in [0.25, 0.3) is 0 Å². The van der Waals surface area contributed by atoms with E-state index in [0.717, 1.165) is 24.2 Å². The Morgan fingerprint density at radius 1 is 1.34 bits per heavy atom. The summed E-state index contributed by atoms with van der Waals surface area (Å²) >= 11 is 0. The second-order valence-corrected chi connectivity index (χ2v) is 7.63. The van der Waals surface area contributed by atoms with Crippen LogP contribution in [0, 0.1) is 18.7 Å². The number of urea groups is 1. The van der Waals surface area contributed by atoms with Gasteiger partial charge in [-0.15, -0.1) is 0 Å². The first-order chi connectivity index (χ1) is 13.7. The van der Waals surface area contributed by atoms with Gasteiger partial charge in [0.05, 0.1) is 5.69 Å². The third-order valence-electron chi connectivity index (χ3n) is 5.55. The van der Waals surface area contributed by atoms with Gasteiger partial charge in [0.2, 0.25) is 0 Å². The highest BCUT2D eigenvalue weighted by Crippen LogP contribution is 2.38. The topological polar surface area (TPSA) is 105 Å². The Kier molecular flexibility index (Phi) is 5.86. The zero-order chi connectivity index (χ0) is 21.2. The molecule has 8 nitrogen and oxygen atoms in total. The van der Waals surface area contributed by atoms with Gasteiger partial charge in [-0.2, -0.15) is 0 Å². The molecular formula is C20H24FN3O5. The maximum atomic E-state index is 13.8. The van der Waals surface area contributed by atoms with Crippen molar-refractivity contribution in [2.24, 2.45) is 5.92 Å². The Labute approximate surface area is 167 Å². The standard InChI is InChI=1S/C20H24FN3O5/c1-12-6-7-15(14(21)9-12)22-16(25)11-29-17(26)10-24-18(27)20(23-19(24)28)8-4-3-5-13(20)2/h6-7,9,13H,3-5,8,10-11H2,1-2H3,(H,22,25)(H,23,28)/t13-,20+/m1/s1. The molecule has 0 radical (unpaired) electrons. The van der Waals surface area contributed by atoms with Gasteiger partial charge in [0.1, 0.15) is 17.9 Å². The third kappa shape index (κ3) is 4.23. The number of ether oxygens (including phenoxy) is 1. The van der Waals surface area contributed by atoms with Gasteiger partial charge in [-0.05, 0) is 43.4 Å². The van der Waals surface area contributed by atoms with Gasteiger partial charge in [-0.25, -0.2) is 9.18 Å². The first kappa shape index (κ1) is 20.8. The van der Waals surface area contributed by atoms with Crippen molar-refractivity contribution in [3.8, 4) is 0 Å². The average Bonchev–Trinajstić information content (AvgIpc) is 2.90. The molecule has 0 bridgehead atoms. The number of hydrogen-bond donors (Lipinski definition) is 2. The number of benzene rings is 1. The molecule has 1 saturated carbocycles. The van der Waals surface area contributed by atoms with Crippen LogP contribution in [0.4, 0.5) is 14.9 Å². The van der Waals surface area contributed by atoms with Crippen LogP contribution < -0.4 is 10.6 Å². The van der Waals surface area contributed by atoms with Crippen molar-refractivity contribution < 1.29 is 28.3 Å². The number of imide groups is 1. The van der Waals surface area contributed by atoms with Crippen LogP contribution in [0.5, 0.6) is 0 Å². The highest BCUT2D eigenvalue weighted by atomic mass is 19.1. The molecule has 1 heterocycles. The number of halogens is 1. The summed E-state index contributed by atoms with van der Waals surface area (Å²) < 4.78 is 18.6. The molecule has 4 amide bonds. The van der Waals surface area contributed by atoms with Crippen LogP contribution in [0.15, 0.2) is 18.2 Å². The fourth-order valence-electron chi connectivity index (χ4n) is 3.87. The molecule has 2 aliphatic rings. The Morgan fingerprint density at radius 3 is 2.79 bits per heavy atom. The normalized spacial score (nSPS) is 23.8. The smallest absolute Gasteiger partial charge is 0.326 e. The Hall–Kier alpha value is -2.97. The van der Waals surface area contributed by atoms with Crippen LogP contribution in [0.2, 0.25) is 0 Å². The average molecular weight is 405 g/mol. The van der Waals surface area contributed by atoms with Crippen LogP contribution >= 0.6 is 0 Å². The van der Waals surface area contributed by atoms with Gasteiger partial charge in [0.15, 0.2) is 6.61 Å². The first-order valence-corrected chi connectivity index (χ1v) is 9.58. The van der Waals surface area contributed by atoms with E-state index in [1.54, 1.807) is 13.0 Å². The third-order valence-corrected chi connectivity index (χ3v) is 5.55.